The molecule has 2 atom stereocenters. The lowest BCUT2D eigenvalue weighted by atomic mass is 10.1. The number of morpholine rings is 1. The van der Waals surface area contributed by atoms with Gasteiger partial charge < -0.3 is 15.2 Å². The van der Waals surface area contributed by atoms with E-state index < -0.39 is 0 Å². The summed E-state index contributed by atoms with van der Waals surface area (Å²) in [6.45, 7) is 6.08. The molecule has 2 N–H and O–H groups in total. The highest BCUT2D eigenvalue weighted by atomic mass is 32.2. The summed E-state index contributed by atoms with van der Waals surface area (Å²) in [4.78, 5) is 2.28. The van der Waals surface area contributed by atoms with Crippen molar-refractivity contribution in [3.05, 3.63) is 0 Å². The lowest BCUT2D eigenvalue weighted by Crippen LogP contribution is -2.44. The third-order valence-corrected chi connectivity index (χ3v) is 4.64. The SMILES string of the molecule is OC(CNCC1CCSC1)CN1CCOCC1. The molecule has 2 fully saturated rings. The normalized spacial score (nSPS) is 28.4. The van der Waals surface area contributed by atoms with Gasteiger partial charge in [-0.1, -0.05) is 0 Å². The van der Waals surface area contributed by atoms with Crippen LogP contribution in [-0.2, 0) is 4.74 Å². The van der Waals surface area contributed by atoms with E-state index in [-0.39, 0.29) is 6.10 Å². The molecule has 0 bridgehead atoms. The fourth-order valence-corrected chi connectivity index (χ4v) is 3.63. The fourth-order valence-electron chi connectivity index (χ4n) is 2.34. The van der Waals surface area contributed by atoms with E-state index in [1.54, 1.807) is 0 Å². The molecule has 17 heavy (non-hydrogen) atoms. The number of nitrogens with zero attached hydrogens (tertiary/aromatic N) is 1. The van der Waals surface area contributed by atoms with Crippen LogP contribution >= 0.6 is 11.8 Å². The molecular formula is C12H24N2O2S. The lowest BCUT2D eigenvalue weighted by molar-refractivity contribution is 0.0148. The highest BCUT2D eigenvalue weighted by Gasteiger charge is 2.17. The van der Waals surface area contributed by atoms with E-state index in [2.05, 4.69) is 10.2 Å². The molecule has 5 heteroatoms. The highest BCUT2D eigenvalue weighted by Crippen LogP contribution is 2.22. The Morgan fingerprint density at radius 2 is 2.24 bits per heavy atom. The van der Waals surface area contributed by atoms with Crippen LogP contribution in [0.3, 0.4) is 0 Å². The summed E-state index contributed by atoms with van der Waals surface area (Å²) in [5.41, 5.74) is 0. The van der Waals surface area contributed by atoms with Crippen molar-refractivity contribution in [1.82, 2.24) is 10.2 Å². The molecule has 0 aromatic rings. The number of β-amino-alcohol motifs (C(OH)–C–C–N with tert-alkyl or cyclic N) is 1. The minimum absolute atomic E-state index is 0.248. The molecule has 2 heterocycles. The summed E-state index contributed by atoms with van der Waals surface area (Å²) < 4.78 is 5.29. The van der Waals surface area contributed by atoms with Gasteiger partial charge in [0.15, 0.2) is 0 Å². The predicted octanol–water partition coefficient (Wildman–Crippen LogP) is 0.0222. The molecule has 4 nitrogen and oxygen atoms in total. The lowest BCUT2D eigenvalue weighted by Gasteiger charge is -2.28. The van der Waals surface area contributed by atoms with Crippen LogP contribution < -0.4 is 5.32 Å². The van der Waals surface area contributed by atoms with Crippen molar-refractivity contribution in [2.24, 2.45) is 5.92 Å². The smallest absolute Gasteiger partial charge is 0.0791 e. The number of ether oxygens (including phenoxy) is 1. The molecule has 0 radical (unpaired) electrons. The van der Waals surface area contributed by atoms with Crippen LogP contribution in [0.2, 0.25) is 0 Å². The third kappa shape index (κ3) is 5.14. The van der Waals surface area contributed by atoms with E-state index in [1.807, 2.05) is 11.8 Å². The first-order valence-corrected chi connectivity index (χ1v) is 7.76. The van der Waals surface area contributed by atoms with Gasteiger partial charge in [-0.05, 0) is 30.4 Å². The van der Waals surface area contributed by atoms with E-state index in [0.717, 1.165) is 51.9 Å². The van der Waals surface area contributed by atoms with Crippen molar-refractivity contribution in [2.45, 2.75) is 12.5 Å². The van der Waals surface area contributed by atoms with Crippen LogP contribution in [-0.4, -0.2) is 73.6 Å². The highest BCUT2D eigenvalue weighted by molar-refractivity contribution is 7.99. The molecule has 0 aromatic carbocycles. The zero-order valence-corrected chi connectivity index (χ0v) is 11.3. The number of aliphatic hydroxyl groups excluding tert-OH is 1. The quantitative estimate of drug-likeness (QED) is 0.705. The number of aliphatic hydroxyl groups is 1. The Morgan fingerprint density at radius 3 is 2.94 bits per heavy atom. The van der Waals surface area contributed by atoms with E-state index >= 15 is 0 Å². The Morgan fingerprint density at radius 1 is 1.41 bits per heavy atom. The van der Waals surface area contributed by atoms with Gasteiger partial charge in [0, 0.05) is 26.2 Å². The van der Waals surface area contributed by atoms with Crippen molar-refractivity contribution in [3.63, 3.8) is 0 Å². The van der Waals surface area contributed by atoms with Crippen LogP contribution in [0.15, 0.2) is 0 Å². The molecule has 0 aliphatic carbocycles. The number of hydrogen-bond acceptors (Lipinski definition) is 5. The minimum Gasteiger partial charge on any atom is -0.390 e. The summed E-state index contributed by atoms with van der Waals surface area (Å²) in [5.74, 6) is 3.41. The zero-order valence-electron chi connectivity index (χ0n) is 10.4. The Kier molecular flexibility index (Phi) is 6.08. The van der Waals surface area contributed by atoms with Gasteiger partial charge in [0.1, 0.15) is 0 Å². The van der Waals surface area contributed by atoms with Crippen molar-refractivity contribution in [3.8, 4) is 0 Å². The first kappa shape index (κ1) is 13.6. The third-order valence-electron chi connectivity index (χ3n) is 3.41. The van der Waals surface area contributed by atoms with Crippen molar-refractivity contribution >= 4 is 11.8 Å². The minimum atomic E-state index is -0.248. The van der Waals surface area contributed by atoms with Gasteiger partial charge in [-0.15, -0.1) is 0 Å². The van der Waals surface area contributed by atoms with Gasteiger partial charge in [0.05, 0.1) is 19.3 Å². The number of thioether (sulfide) groups is 1. The molecule has 0 aromatic heterocycles. The summed E-state index contributed by atoms with van der Waals surface area (Å²) in [6.07, 6.45) is 1.08. The first-order chi connectivity index (χ1) is 8.34. The topological polar surface area (TPSA) is 44.7 Å². The number of rotatable bonds is 6. The monoisotopic (exact) mass is 260 g/mol. The molecule has 2 rings (SSSR count). The second-order valence-corrected chi connectivity index (χ2v) is 6.10. The fraction of sp³-hybridized carbons (Fsp3) is 1.00. The van der Waals surface area contributed by atoms with Gasteiger partial charge in [0.2, 0.25) is 0 Å². The molecular weight excluding hydrogens is 236 g/mol. The number of nitrogens with one attached hydrogen (secondary N) is 1. The first-order valence-electron chi connectivity index (χ1n) is 6.61. The van der Waals surface area contributed by atoms with Gasteiger partial charge >= 0.3 is 0 Å². The molecule has 0 amide bonds. The Bertz CT molecular complexity index is 207. The van der Waals surface area contributed by atoms with E-state index in [0.29, 0.717) is 0 Å². The van der Waals surface area contributed by atoms with Crippen molar-refractivity contribution in [1.29, 1.82) is 0 Å². The molecule has 2 aliphatic heterocycles. The molecule has 2 saturated heterocycles. The molecule has 0 saturated carbocycles. The average molecular weight is 260 g/mol. The van der Waals surface area contributed by atoms with Crippen LogP contribution in [0.4, 0.5) is 0 Å². The molecule has 100 valence electrons. The van der Waals surface area contributed by atoms with Crippen LogP contribution in [0.25, 0.3) is 0 Å². The van der Waals surface area contributed by atoms with Crippen molar-refractivity contribution in [2.75, 3.05) is 57.4 Å². The second-order valence-electron chi connectivity index (χ2n) is 4.95. The van der Waals surface area contributed by atoms with Gasteiger partial charge in [0.25, 0.3) is 0 Å². The summed E-state index contributed by atoms with van der Waals surface area (Å²) in [6, 6.07) is 0. The van der Waals surface area contributed by atoms with E-state index in [4.69, 9.17) is 4.74 Å². The van der Waals surface area contributed by atoms with Gasteiger partial charge in [-0.3, -0.25) is 4.90 Å². The van der Waals surface area contributed by atoms with Gasteiger partial charge in [-0.25, -0.2) is 0 Å². The van der Waals surface area contributed by atoms with E-state index in [1.165, 1.54) is 17.9 Å². The summed E-state index contributed by atoms with van der Waals surface area (Å²) in [5, 5.41) is 13.3. The summed E-state index contributed by atoms with van der Waals surface area (Å²) >= 11 is 2.04. The maximum absolute atomic E-state index is 9.93. The van der Waals surface area contributed by atoms with E-state index in [9.17, 15) is 5.11 Å². The predicted molar refractivity (Wildman–Crippen MR) is 71.6 cm³/mol. The zero-order chi connectivity index (χ0) is 11.9. The van der Waals surface area contributed by atoms with Crippen molar-refractivity contribution < 1.29 is 9.84 Å². The van der Waals surface area contributed by atoms with Crippen LogP contribution in [0, 0.1) is 5.92 Å². The standard InChI is InChI=1S/C12H24N2O2S/c15-12(9-14-2-4-16-5-3-14)8-13-7-11-1-6-17-10-11/h11-13,15H,1-10H2. The van der Waals surface area contributed by atoms with Crippen LogP contribution in [0.1, 0.15) is 6.42 Å². The van der Waals surface area contributed by atoms with Crippen LogP contribution in [0.5, 0.6) is 0 Å². The Hall–Kier alpha value is 0.190. The second kappa shape index (κ2) is 7.59. The Labute approximate surface area is 108 Å². The number of hydrogen-bond donors (Lipinski definition) is 2. The summed E-state index contributed by atoms with van der Waals surface area (Å²) in [7, 11) is 0. The molecule has 2 unspecified atom stereocenters. The van der Waals surface area contributed by atoms with Gasteiger partial charge in [-0.2, -0.15) is 11.8 Å². The molecule has 0 spiro atoms. The maximum atomic E-state index is 9.93. The largest absolute Gasteiger partial charge is 0.390 e. The maximum Gasteiger partial charge on any atom is 0.0791 e. The Balaban J connectivity index is 1.52. The average Bonchev–Trinajstić information content (AvgIpc) is 2.83. The molecule has 2 aliphatic rings.